The minimum atomic E-state index is -0.793. The van der Waals surface area contributed by atoms with E-state index in [2.05, 4.69) is 4.90 Å². The second kappa shape index (κ2) is 7.38. The van der Waals surface area contributed by atoms with E-state index >= 15 is 0 Å². The SMILES string of the molecule is CC(O)c1cc([N+](=O)[O-])ccc1OCCCN1CCCC1. The first kappa shape index (κ1) is 15.7. The molecule has 2 rings (SSSR count). The Morgan fingerprint density at radius 1 is 1.43 bits per heavy atom. The molecule has 0 amide bonds. The Balaban J connectivity index is 1.90. The van der Waals surface area contributed by atoms with Crippen LogP contribution >= 0.6 is 0 Å². The Morgan fingerprint density at radius 3 is 2.76 bits per heavy atom. The van der Waals surface area contributed by atoms with Crippen molar-refractivity contribution in [2.75, 3.05) is 26.2 Å². The smallest absolute Gasteiger partial charge is 0.270 e. The van der Waals surface area contributed by atoms with E-state index < -0.39 is 11.0 Å². The third kappa shape index (κ3) is 4.41. The molecule has 116 valence electrons. The van der Waals surface area contributed by atoms with Gasteiger partial charge in [0.2, 0.25) is 0 Å². The summed E-state index contributed by atoms with van der Waals surface area (Å²) in [5.41, 5.74) is 0.431. The number of rotatable bonds is 7. The number of ether oxygens (including phenoxy) is 1. The summed E-state index contributed by atoms with van der Waals surface area (Å²) in [6, 6.07) is 4.35. The van der Waals surface area contributed by atoms with Gasteiger partial charge in [0.05, 0.1) is 17.6 Å². The van der Waals surface area contributed by atoms with Crippen LogP contribution in [0.4, 0.5) is 5.69 Å². The molecule has 0 saturated carbocycles. The molecule has 21 heavy (non-hydrogen) atoms. The van der Waals surface area contributed by atoms with Gasteiger partial charge in [0.25, 0.3) is 5.69 Å². The Morgan fingerprint density at radius 2 is 2.14 bits per heavy atom. The van der Waals surface area contributed by atoms with Crippen LogP contribution in [0.15, 0.2) is 18.2 Å². The molecule has 0 bridgehead atoms. The van der Waals surface area contributed by atoms with Gasteiger partial charge in [-0.15, -0.1) is 0 Å². The van der Waals surface area contributed by atoms with Crippen molar-refractivity contribution in [1.29, 1.82) is 0 Å². The maximum atomic E-state index is 10.8. The van der Waals surface area contributed by atoms with Gasteiger partial charge in [0, 0.05) is 24.2 Å². The summed E-state index contributed by atoms with van der Waals surface area (Å²) in [6.45, 7) is 5.47. The molecule has 0 radical (unpaired) electrons. The molecule has 6 heteroatoms. The fourth-order valence-electron chi connectivity index (χ4n) is 2.58. The van der Waals surface area contributed by atoms with Crippen molar-refractivity contribution in [3.8, 4) is 5.75 Å². The lowest BCUT2D eigenvalue weighted by molar-refractivity contribution is -0.385. The van der Waals surface area contributed by atoms with Crippen molar-refractivity contribution < 1.29 is 14.8 Å². The minimum absolute atomic E-state index is 0.0321. The average molecular weight is 294 g/mol. The lowest BCUT2D eigenvalue weighted by Crippen LogP contribution is -2.22. The van der Waals surface area contributed by atoms with E-state index in [4.69, 9.17) is 4.74 Å². The number of nitro benzene ring substituents is 1. The molecule has 1 heterocycles. The molecule has 6 nitrogen and oxygen atoms in total. The predicted molar refractivity (Wildman–Crippen MR) is 79.5 cm³/mol. The van der Waals surface area contributed by atoms with E-state index in [1.807, 2.05) is 0 Å². The Kier molecular flexibility index (Phi) is 5.52. The second-order valence-corrected chi connectivity index (χ2v) is 5.41. The lowest BCUT2D eigenvalue weighted by Gasteiger charge is -2.16. The van der Waals surface area contributed by atoms with Crippen LogP contribution in [0.3, 0.4) is 0 Å². The third-order valence-corrected chi connectivity index (χ3v) is 3.73. The number of hydrogen-bond donors (Lipinski definition) is 1. The summed E-state index contributed by atoms with van der Waals surface area (Å²) >= 11 is 0. The van der Waals surface area contributed by atoms with Crippen molar-refractivity contribution in [3.05, 3.63) is 33.9 Å². The molecule has 1 aliphatic heterocycles. The lowest BCUT2D eigenvalue weighted by atomic mass is 10.1. The van der Waals surface area contributed by atoms with Gasteiger partial charge in [-0.05, 0) is 45.3 Å². The van der Waals surface area contributed by atoms with E-state index in [9.17, 15) is 15.2 Å². The molecule has 0 aromatic heterocycles. The van der Waals surface area contributed by atoms with Gasteiger partial charge in [-0.2, -0.15) is 0 Å². The van der Waals surface area contributed by atoms with Crippen LogP contribution in [-0.4, -0.2) is 41.2 Å². The average Bonchev–Trinajstić information content (AvgIpc) is 2.96. The largest absolute Gasteiger partial charge is 0.493 e. The normalized spacial score (nSPS) is 16.9. The van der Waals surface area contributed by atoms with Crippen LogP contribution in [0, 0.1) is 10.1 Å². The standard InChI is InChI=1S/C15H22N2O4/c1-12(18)14-11-13(17(19)20)5-6-15(14)21-10-4-9-16-7-2-3-8-16/h5-6,11-12,18H,2-4,7-10H2,1H3. The van der Waals surface area contributed by atoms with E-state index in [1.165, 1.54) is 25.0 Å². The van der Waals surface area contributed by atoms with Crippen LogP contribution in [0.1, 0.15) is 37.9 Å². The van der Waals surface area contributed by atoms with Gasteiger partial charge in [-0.25, -0.2) is 0 Å². The second-order valence-electron chi connectivity index (χ2n) is 5.41. The summed E-state index contributed by atoms with van der Waals surface area (Å²) in [5.74, 6) is 0.525. The van der Waals surface area contributed by atoms with Crippen molar-refractivity contribution in [3.63, 3.8) is 0 Å². The number of aliphatic hydroxyl groups is 1. The highest BCUT2D eigenvalue weighted by Gasteiger charge is 2.16. The number of benzene rings is 1. The molecule has 1 N–H and O–H groups in total. The summed E-state index contributed by atoms with van der Waals surface area (Å²) in [6.07, 6.45) is 2.67. The quantitative estimate of drug-likeness (QED) is 0.475. The number of likely N-dealkylation sites (tertiary alicyclic amines) is 1. The Hall–Kier alpha value is -1.66. The number of nitrogens with zero attached hydrogens (tertiary/aromatic N) is 2. The topological polar surface area (TPSA) is 75.8 Å². The van der Waals surface area contributed by atoms with Gasteiger partial charge in [0.1, 0.15) is 5.75 Å². The van der Waals surface area contributed by atoms with Gasteiger partial charge >= 0.3 is 0 Å². The molecule has 1 atom stereocenters. The van der Waals surface area contributed by atoms with Crippen LogP contribution in [0.2, 0.25) is 0 Å². The summed E-state index contributed by atoms with van der Waals surface area (Å²) in [5, 5.41) is 20.5. The maximum Gasteiger partial charge on any atom is 0.270 e. The summed E-state index contributed by atoms with van der Waals surface area (Å²) < 4.78 is 5.68. The van der Waals surface area contributed by atoms with Crippen LogP contribution in [0.25, 0.3) is 0 Å². The maximum absolute atomic E-state index is 10.8. The summed E-state index contributed by atoms with van der Waals surface area (Å²) in [7, 11) is 0. The molecule has 1 aromatic rings. The molecule has 0 spiro atoms. The van der Waals surface area contributed by atoms with Gasteiger partial charge in [-0.1, -0.05) is 0 Å². The molecular weight excluding hydrogens is 272 g/mol. The van der Waals surface area contributed by atoms with Crippen LogP contribution in [-0.2, 0) is 0 Å². The highest BCUT2D eigenvalue weighted by atomic mass is 16.6. The van der Waals surface area contributed by atoms with Gasteiger partial charge < -0.3 is 14.7 Å². The third-order valence-electron chi connectivity index (χ3n) is 3.73. The van der Waals surface area contributed by atoms with Crippen molar-refractivity contribution in [2.24, 2.45) is 0 Å². The first-order chi connectivity index (χ1) is 10.1. The molecule has 0 aliphatic carbocycles. The Bertz CT molecular complexity index is 485. The van der Waals surface area contributed by atoms with E-state index in [1.54, 1.807) is 13.0 Å². The highest BCUT2D eigenvalue weighted by Crippen LogP contribution is 2.29. The number of non-ortho nitro benzene ring substituents is 1. The molecule has 1 saturated heterocycles. The van der Waals surface area contributed by atoms with E-state index in [-0.39, 0.29) is 5.69 Å². The molecular formula is C15H22N2O4. The number of aliphatic hydroxyl groups excluding tert-OH is 1. The zero-order valence-electron chi connectivity index (χ0n) is 12.3. The fraction of sp³-hybridized carbons (Fsp3) is 0.600. The van der Waals surface area contributed by atoms with Crippen molar-refractivity contribution >= 4 is 5.69 Å². The first-order valence-corrected chi connectivity index (χ1v) is 7.39. The van der Waals surface area contributed by atoms with Crippen molar-refractivity contribution in [1.82, 2.24) is 4.90 Å². The monoisotopic (exact) mass is 294 g/mol. The van der Waals surface area contributed by atoms with Crippen LogP contribution < -0.4 is 4.74 Å². The van der Waals surface area contributed by atoms with E-state index in [0.717, 1.165) is 26.1 Å². The highest BCUT2D eigenvalue weighted by molar-refractivity contribution is 5.44. The number of hydrogen-bond acceptors (Lipinski definition) is 5. The zero-order valence-corrected chi connectivity index (χ0v) is 12.3. The van der Waals surface area contributed by atoms with E-state index in [0.29, 0.717) is 17.9 Å². The fourth-order valence-corrected chi connectivity index (χ4v) is 2.58. The molecule has 1 unspecified atom stereocenters. The predicted octanol–water partition coefficient (Wildman–Crippen LogP) is 2.51. The van der Waals surface area contributed by atoms with Crippen molar-refractivity contribution in [2.45, 2.75) is 32.3 Å². The first-order valence-electron chi connectivity index (χ1n) is 7.39. The molecule has 1 aliphatic rings. The summed E-state index contributed by atoms with van der Waals surface area (Å²) in [4.78, 5) is 12.7. The Labute approximate surface area is 124 Å². The molecule has 1 fully saturated rings. The number of nitro groups is 1. The molecule has 1 aromatic carbocycles. The van der Waals surface area contributed by atoms with Gasteiger partial charge in [0.15, 0.2) is 0 Å². The minimum Gasteiger partial charge on any atom is -0.493 e. The van der Waals surface area contributed by atoms with Gasteiger partial charge in [-0.3, -0.25) is 10.1 Å². The zero-order chi connectivity index (χ0) is 15.2. The van der Waals surface area contributed by atoms with Crippen LogP contribution in [0.5, 0.6) is 5.75 Å².